The number of aromatic nitrogens is 1. The first-order valence-corrected chi connectivity index (χ1v) is 7.56. The van der Waals surface area contributed by atoms with E-state index in [9.17, 15) is 0 Å². The topological polar surface area (TPSA) is 48.1 Å². The molecule has 2 unspecified atom stereocenters. The first kappa shape index (κ1) is 16.1. The number of rotatable bonds is 10. The fourth-order valence-electron chi connectivity index (χ4n) is 2.14. The molecule has 0 fully saturated rings. The Labute approximate surface area is 117 Å². The molecule has 0 aliphatic rings. The molecule has 1 rings (SSSR count). The van der Waals surface area contributed by atoms with Gasteiger partial charge in [-0.1, -0.05) is 45.6 Å². The molecule has 0 bridgehead atoms. The van der Waals surface area contributed by atoms with E-state index in [0.29, 0.717) is 0 Å². The number of ether oxygens (including phenoxy) is 1. The van der Waals surface area contributed by atoms with Crippen molar-refractivity contribution < 1.29 is 4.74 Å². The van der Waals surface area contributed by atoms with E-state index < -0.39 is 0 Å². The maximum Gasteiger partial charge on any atom is 0.0990 e. The van der Waals surface area contributed by atoms with Gasteiger partial charge in [-0.05, 0) is 18.9 Å². The molecule has 0 saturated carbocycles. The highest BCUT2D eigenvalue weighted by Crippen LogP contribution is 2.21. The van der Waals surface area contributed by atoms with Crippen molar-refractivity contribution >= 4 is 0 Å². The molecular weight excluding hydrogens is 236 g/mol. The van der Waals surface area contributed by atoms with E-state index in [0.717, 1.165) is 25.0 Å². The summed E-state index contributed by atoms with van der Waals surface area (Å²) in [5, 5.41) is 0. The predicted molar refractivity (Wildman–Crippen MR) is 80.0 cm³/mol. The first-order chi connectivity index (χ1) is 9.29. The van der Waals surface area contributed by atoms with Crippen molar-refractivity contribution in [2.45, 2.75) is 64.5 Å². The van der Waals surface area contributed by atoms with Crippen molar-refractivity contribution in [2.75, 3.05) is 6.61 Å². The van der Waals surface area contributed by atoms with Crippen LogP contribution in [-0.4, -0.2) is 17.6 Å². The maximum absolute atomic E-state index is 6.16. The summed E-state index contributed by atoms with van der Waals surface area (Å²) in [5.41, 5.74) is 7.25. The number of nitrogens with two attached hydrogens (primary N) is 1. The van der Waals surface area contributed by atoms with Crippen LogP contribution in [-0.2, 0) is 4.74 Å². The molecule has 19 heavy (non-hydrogen) atoms. The zero-order valence-corrected chi connectivity index (χ0v) is 12.3. The lowest BCUT2D eigenvalue weighted by Gasteiger charge is -2.23. The standard InChI is InChI=1S/C16H28N2O/c1-3-5-6-7-8-12-19-16(15(17)4-2)14-10-9-11-18-13-14/h9-11,13,15-16H,3-8,12,17H2,1-2H3. The van der Waals surface area contributed by atoms with Crippen molar-refractivity contribution in [3.05, 3.63) is 30.1 Å². The van der Waals surface area contributed by atoms with Gasteiger partial charge < -0.3 is 10.5 Å². The van der Waals surface area contributed by atoms with Crippen LogP contribution >= 0.6 is 0 Å². The summed E-state index contributed by atoms with van der Waals surface area (Å²) < 4.78 is 6.00. The largest absolute Gasteiger partial charge is 0.372 e. The lowest BCUT2D eigenvalue weighted by Crippen LogP contribution is -2.30. The molecule has 0 spiro atoms. The fraction of sp³-hybridized carbons (Fsp3) is 0.688. The van der Waals surface area contributed by atoms with Gasteiger partial charge >= 0.3 is 0 Å². The third-order valence-electron chi connectivity index (χ3n) is 3.42. The Morgan fingerprint density at radius 3 is 2.63 bits per heavy atom. The van der Waals surface area contributed by atoms with Gasteiger partial charge in [-0.15, -0.1) is 0 Å². The molecule has 1 aromatic rings. The summed E-state index contributed by atoms with van der Waals surface area (Å²) in [5.74, 6) is 0. The molecule has 0 aromatic carbocycles. The number of nitrogens with zero attached hydrogens (tertiary/aromatic N) is 1. The average molecular weight is 264 g/mol. The highest BCUT2D eigenvalue weighted by Gasteiger charge is 2.18. The lowest BCUT2D eigenvalue weighted by atomic mass is 10.0. The molecule has 0 aliphatic heterocycles. The molecule has 108 valence electrons. The van der Waals surface area contributed by atoms with Gasteiger partial charge in [0.1, 0.15) is 0 Å². The van der Waals surface area contributed by atoms with Crippen molar-refractivity contribution in [1.82, 2.24) is 4.98 Å². The Morgan fingerprint density at radius 1 is 1.21 bits per heavy atom. The van der Waals surface area contributed by atoms with Gasteiger partial charge in [-0.2, -0.15) is 0 Å². The SMILES string of the molecule is CCCCCCCOC(c1cccnc1)C(N)CC. The minimum atomic E-state index is -0.0233. The Morgan fingerprint density at radius 2 is 2.00 bits per heavy atom. The molecule has 3 nitrogen and oxygen atoms in total. The second-order valence-corrected chi connectivity index (χ2v) is 5.06. The van der Waals surface area contributed by atoms with E-state index in [1.807, 2.05) is 18.3 Å². The van der Waals surface area contributed by atoms with Gasteiger partial charge in [0, 0.05) is 30.6 Å². The summed E-state index contributed by atoms with van der Waals surface area (Å²) in [7, 11) is 0. The quantitative estimate of drug-likeness (QED) is 0.653. The van der Waals surface area contributed by atoms with E-state index in [4.69, 9.17) is 10.5 Å². The van der Waals surface area contributed by atoms with Crippen LogP contribution in [0.5, 0.6) is 0 Å². The van der Waals surface area contributed by atoms with Crippen molar-refractivity contribution in [2.24, 2.45) is 5.73 Å². The zero-order chi connectivity index (χ0) is 13.9. The number of unbranched alkanes of at least 4 members (excludes halogenated alkanes) is 4. The highest BCUT2D eigenvalue weighted by molar-refractivity contribution is 5.14. The van der Waals surface area contributed by atoms with Crippen molar-refractivity contribution in [3.8, 4) is 0 Å². The molecule has 2 atom stereocenters. The van der Waals surface area contributed by atoms with E-state index in [1.165, 1.54) is 25.7 Å². The Hall–Kier alpha value is -0.930. The third-order valence-corrected chi connectivity index (χ3v) is 3.42. The lowest BCUT2D eigenvalue weighted by molar-refractivity contribution is 0.0309. The fourth-order valence-corrected chi connectivity index (χ4v) is 2.14. The Bertz CT molecular complexity index is 316. The van der Waals surface area contributed by atoms with E-state index in [-0.39, 0.29) is 12.1 Å². The second-order valence-electron chi connectivity index (χ2n) is 5.06. The zero-order valence-electron chi connectivity index (χ0n) is 12.3. The summed E-state index contributed by atoms with van der Waals surface area (Å²) >= 11 is 0. The van der Waals surface area contributed by atoms with Crippen molar-refractivity contribution in [3.63, 3.8) is 0 Å². The smallest absolute Gasteiger partial charge is 0.0990 e. The first-order valence-electron chi connectivity index (χ1n) is 7.56. The molecular formula is C16H28N2O. The van der Waals surface area contributed by atoms with E-state index >= 15 is 0 Å². The number of hydrogen-bond acceptors (Lipinski definition) is 3. The van der Waals surface area contributed by atoms with E-state index in [2.05, 4.69) is 18.8 Å². The van der Waals surface area contributed by atoms with Gasteiger partial charge in [-0.25, -0.2) is 0 Å². The predicted octanol–water partition coefficient (Wildman–Crippen LogP) is 3.85. The highest BCUT2D eigenvalue weighted by atomic mass is 16.5. The van der Waals surface area contributed by atoms with Crippen LogP contribution in [0.1, 0.15) is 64.0 Å². The normalized spacial score (nSPS) is 14.3. The molecule has 1 heterocycles. The molecule has 0 aliphatic carbocycles. The van der Waals surface area contributed by atoms with Crippen LogP contribution in [0.25, 0.3) is 0 Å². The van der Waals surface area contributed by atoms with Gasteiger partial charge in [0.2, 0.25) is 0 Å². The minimum absolute atomic E-state index is 0.0233. The van der Waals surface area contributed by atoms with Crippen LogP contribution in [0.2, 0.25) is 0 Å². The van der Waals surface area contributed by atoms with Gasteiger partial charge in [0.25, 0.3) is 0 Å². The molecule has 0 radical (unpaired) electrons. The second kappa shape index (κ2) is 9.93. The number of pyridine rings is 1. The number of hydrogen-bond donors (Lipinski definition) is 1. The van der Waals surface area contributed by atoms with Gasteiger partial charge in [-0.3, -0.25) is 4.98 Å². The molecule has 3 heteroatoms. The molecule has 0 saturated heterocycles. The van der Waals surface area contributed by atoms with Crippen LogP contribution in [0, 0.1) is 0 Å². The Kier molecular flexibility index (Phi) is 8.43. The Balaban J connectivity index is 2.39. The van der Waals surface area contributed by atoms with Gasteiger partial charge in [0.15, 0.2) is 0 Å². The molecule has 1 aromatic heterocycles. The van der Waals surface area contributed by atoms with Crippen LogP contribution < -0.4 is 5.73 Å². The average Bonchev–Trinajstić information content (AvgIpc) is 2.47. The van der Waals surface area contributed by atoms with Crippen LogP contribution in [0.3, 0.4) is 0 Å². The molecule has 0 amide bonds. The summed E-state index contributed by atoms with van der Waals surface area (Å²) in [6, 6.07) is 4.03. The summed E-state index contributed by atoms with van der Waals surface area (Å²) in [6.45, 7) is 5.12. The monoisotopic (exact) mass is 264 g/mol. The van der Waals surface area contributed by atoms with Crippen LogP contribution in [0.15, 0.2) is 24.5 Å². The summed E-state index contributed by atoms with van der Waals surface area (Å²) in [4.78, 5) is 4.16. The van der Waals surface area contributed by atoms with E-state index in [1.54, 1.807) is 6.20 Å². The molecule has 2 N–H and O–H groups in total. The summed E-state index contributed by atoms with van der Waals surface area (Å²) in [6.07, 6.45) is 10.8. The minimum Gasteiger partial charge on any atom is -0.372 e. The van der Waals surface area contributed by atoms with Crippen LogP contribution in [0.4, 0.5) is 0 Å². The van der Waals surface area contributed by atoms with Gasteiger partial charge in [0.05, 0.1) is 6.10 Å². The van der Waals surface area contributed by atoms with Crippen molar-refractivity contribution in [1.29, 1.82) is 0 Å². The maximum atomic E-state index is 6.16. The third kappa shape index (κ3) is 6.17.